The van der Waals surface area contributed by atoms with Crippen LogP contribution in [-0.4, -0.2) is 0 Å². The third-order valence-corrected chi connectivity index (χ3v) is 11.3. The lowest BCUT2D eigenvalue weighted by Crippen LogP contribution is -2.27. The Morgan fingerprint density at radius 3 is 1.53 bits per heavy atom. The van der Waals surface area contributed by atoms with Crippen LogP contribution in [0.1, 0.15) is 40.7 Å². The molecule has 0 N–H and O–H groups in total. The van der Waals surface area contributed by atoms with Gasteiger partial charge in [0.05, 0.1) is 11.4 Å². The van der Waals surface area contributed by atoms with Gasteiger partial charge in [0.2, 0.25) is 0 Å². The fourth-order valence-corrected chi connectivity index (χ4v) is 9.23. The van der Waals surface area contributed by atoms with E-state index < -0.39 is 0 Å². The molecular weight excluding hydrogens is 621 g/mol. The minimum absolute atomic E-state index is 0.132. The van der Waals surface area contributed by atoms with E-state index in [0.29, 0.717) is 0 Å². The van der Waals surface area contributed by atoms with Crippen LogP contribution in [-0.2, 0) is 18.3 Å². The van der Waals surface area contributed by atoms with E-state index in [2.05, 4.69) is 181 Å². The summed E-state index contributed by atoms with van der Waals surface area (Å²) in [5.74, 6) is 0. The lowest BCUT2D eigenvalue weighted by molar-refractivity contribution is 0.508. The van der Waals surface area contributed by atoms with Crippen LogP contribution in [0.3, 0.4) is 0 Å². The van der Waals surface area contributed by atoms with Crippen molar-refractivity contribution >= 4 is 56.1 Å². The van der Waals surface area contributed by atoms with Crippen molar-refractivity contribution in [2.45, 2.75) is 38.0 Å². The molecule has 51 heavy (non-hydrogen) atoms. The van der Waals surface area contributed by atoms with Gasteiger partial charge < -0.3 is 14.2 Å². The summed E-state index contributed by atoms with van der Waals surface area (Å²) < 4.78 is 6.52. The van der Waals surface area contributed by atoms with Crippen molar-refractivity contribution in [3.05, 3.63) is 192 Å². The molecule has 0 bridgehead atoms. The molecule has 0 radical (unpaired) electrons. The largest absolute Gasteiger partial charge is 0.456 e. The third-order valence-electron chi connectivity index (χ3n) is 11.3. The van der Waals surface area contributed by atoms with Crippen molar-refractivity contribution in [3.63, 3.8) is 0 Å². The van der Waals surface area contributed by atoms with Gasteiger partial charge in [-0.3, -0.25) is 0 Å². The summed E-state index contributed by atoms with van der Waals surface area (Å²) in [7, 11) is 0. The van der Waals surface area contributed by atoms with Crippen LogP contribution >= 0.6 is 0 Å². The Kier molecular flexibility index (Phi) is 6.89. The SMILES string of the molecule is Cc1cccc2oc3cc(N(c4ccccc4)c4cccc5c4[C@]4(CCc6cccc(N(c7ccccc7)c7ccccc7)c64)CC5)ccc3c12. The molecule has 3 nitrogen and oxygen atoms in total. The van der Waals surface area contributed by atoms with Gasteiger partial charge in [-0.1, -0.05) is 91.0 Å². The van der Waals surface area contributed by atoms with Gasteiger partial charge in [-0.25, -0.2) is 0 Å². The highest BCUT2D eigenvalue weighted by molar-refractivity contribution is 6.07. The second-order valence-corrected chi connectivity index (χ2v) is 14.1. The molecule has 0 amide bonds. The Balaban J connectivity index is 1.20. The topological polar surface area (TPSA) is 19.6 Å². The minimum atomic E-state index is -0.132. The Morgan fingerprint density at radius 2 is 0.980 bits per heavy atom. The number of benzene rings is 7. The van der Waals surface area contributed by atoms with Crippen LogP contribution in [0, 0.1) is 6.92 Å². The van der Waals surface area contributed by atoms with Gasteiger partial charge in [-0.05, 0) is 127 Å². The van der Waals surface area contributed by atoms with Crippen molar-refractivity contribution in [2.24, 2.45) is 0 Å². The van der Waals surface area contributed by atoms with E-state index in [0.717, 1.165) is 53.6 Å². The molecule has 1 spiro atoms. The summed E-state index contributed by atoms with van der Waals surface area (Å²) in [5, 5.41) is 2.35. The molecule has 0 aliphatic heterocycles. The number of aryl methyl sites for hydroxylation is 3. The molecule has 3 heteroatoms. The first kappa shape index (κ1) is 29.8. The van der Waals surface area contributed by atoms with Crippen LogP contribution in [0.15, 0.2) is 168 Å². The molecule has 10 rings (SSSR count). The molecule has 2 aliphatic carbocycles. The average molecular weight is 659 g/mol. The third kappa shape index (κ3) is 4.65. The smallest absolute Gasteiger partial charge is 0.137 e. The van der Waals surface area contributed by atoms with E-state index in [9.17, 15) is 0 Å². The average Bonchev–Trinajstić information content (AvgIpc) is 3.88. The number of nitrogens with zero attached hydrogens (tertiary/aromatic N) is 2. The Morgan fingerprint density at radius 1 is 0.471 bits per heavy atom. The van der Waals surface area contributed by atoms with E-state index in [1.54, 1.807) is 0 Å². The normalized spacial score (nSPS) is 16.1. The number of rotatable bonds is 6. The second kappa shape index (κ2) is 11.8. The van der Waals surface area contributed by atoms with Gasteiger partial charge in [0.25, 0.3) is 0 Å². The summed E-state index contributed by atoms with van der Waals surface area (Å²) in [6, 6.07) is 59.6. The maximum absolute atomic E-state index is 6.52. The molecule has 1 atom stereocenters. The maximum Gasteiger partial charge on any atom is 0.137 e. The first-order chi connectivity index (χ1) is 25.2. The minimum Gasteiger partial charge on any atom is -0.456 e. The molecule has 0 saturated heterocycles. The molecule has 246 valence electrons. The van der Waals surface area contributed by atoms with Crippen molar-refractivity contribution in [3.8, 4) is 0 Å². The number of hydrogen-bond acceptors (Lipinski definition) is 3. The zero-order valence-electron chi connectivity index (χ0n) is 28.7. The lowest BCUT2D eigenvalue weighted by Gasteiger charge is -2.37. The van der Waals surface area contributed by atoms with Gasteiger partial charge in [-0.15, -0.1) is 0 Å². The van der Waals surface area contributed by atoms with Crippen LogP contribution in [0.25, 0.3) is 21.9 Å². The molecule has 0 saturated carbocycles. The summed E-state index contributed by atoms with van der Waals surface area (Å²) in [5.41, 5.74) is 15.9. The van der Waals surface area contributed by atoms with Gasteiger partial charge in [-0.2, -0.15) is 0 Å². The Bertz CT molecular complexity index is 2510. The van der Waals surface area contributed by atoms with Crippen molar-refractivity contribution in [1.29, 1.82) is 0 Å². The van der Waals surface area contributed by atoms with Gasteiger partial charge in [0.15, 0.2) is 0 Å². The molecule has 7 aromatic carbocycles. The monoisotopic (exact) mass is 658 g/mol. The Labute approximate surface area is 299 Å². The fourth-order valence-electron chi connectivity index (χ4n) is 9.23. The molecule has 8 aromatic rings. The van der Waals surface area contributed by atoms with Gasteiger partial charge in [0, 0.05) is 45.0 Å². The van der Waals surface area contributed by atoms with E-state index in [1.165, 1.54) is 56.0 Å². The van der Waals surface area contributed by atoms with Gasteiger partial charge in [0.1, 0.15) is 11.2 Å². The van der Waals surface area contributed by atoms with Crippen molar-refractivity contribution < 1.29 is 4.42 Å². The van der Waals surface area contributed by atoms with Crippen LogP contribution in [0.4, 0.5) is 34.1 Å². The highest BCUT2D eigenvalue weighted by atomic mass is 16.3. The number of hydrogen-bond donors (Lipinski definition) is 0. The number of anilines is 6. The van der Waals surface area contributed by atoms with Crippen molar-refractivity contribution in [1.82, 2.24) is 0 Å². The Hall–Kier alpha value is -6.06. The highest BCUT2D eigenvalue weighted by Gasteiger charge is 2.49. The molecule has 1 heterocycles. The van der Waals surface area contributed by atoms with Crippen LogP contribution < -0.4 is 9.80 Å². The first-order valence-electron chi connectivity index (χ1n) is 18.1. The maximum atomic E-state index is 6.52. The van der Waals surface area contributed by atoms with E-state index in [1.807, 2.05) is 0 Å². The summed E-state index contributed by atoms with van der Waals surface area (Å²) in [6.45, 7) is 2.17. The summed E-state index contributed by atoms with van der Waals surface area (Å²) in [6.07, 6.45) is 4.29. The predicted octanol–water partition coefficient (Wildman–Crippen LogP) is 13.0. The second-order valence-electron chi connectivity index (χ2n) is 14.1. The number of furan rings is 1. The molecule has 2 aliphatic rings. The standard InChI is InChI=1S/C48H38N2O/c1-33-14-11-25-43-45(33)40-27-26-39(32-44(40)51-43)50(38-21-9-4-10-22-38)42-24-13-16-35-29-31-48(47(35)42)30-28-34-15-12-23-41(46(34)48)49(36-17-5-2-6-18-36)37-19-7-3-8-20-37/h2-27,32H,28-31H2,1H3/t48-/m1/s1. The molecule has 0 unspecified atom stereocenters. The number of fused-ring (bicyclic) bond motifs is 7. The van der Waals surface area contributed by atoms with Crippen molar-refractivity contribution in [2.75, 3.05) is 9.80 Å². The number of para-hydroxylation sites is 3. The molecule has 1 aromatic heterocycles. The van der Waals surface area contributed by atoms with E-state index in [-0.39, 0.29) is 5.41 Å². The molecule has 0 fully saturated rings. The summed E-state index contributed by atoms with van der Waals surface area (Å²) >= 11 is 0. The quantitative estimate of drug-likeness (QED) is 0.177. The van der Waals surface area contributed by atoms with E-state index >= 15 is 0 Å². The fraction of sp³-hybridized carbons (Fsp3) is 0.125. The first-order valence-corrected chi connectivity index (χ1v) is 18.1. The lowest BCUT2D eigenvalue weighted by atomic mass is 9.74. The zero-order chi connectivity index (χ0) is 33.9. The summed E-state index contributed by atoms with van der Waals surface area (Å²) in [4.78, 5) is 4.94. The predicted molar refractivity (Wildman–Crippen MR) is 212 cm³/mol. The van der Waals surface area contributed by atoms with E-state index in [4.69, 9.17) is 4.42 Å². The van der Waals surface area contributed by atoms with Crippen LogP contribution in [0.5, 0.6) is 0 Å². The van der Waals surface area contributed by atoms with Crippen LogP contribution in [0.2, 0.25) is 0 Å². The zero-order valence-corrected chi connectivity index (χ0v) is 28.7. The van der Waals surface area contributed by atoms with Gasteiger partial charge >= 0.3 is 0 Å². The molecular formula is C48H38N2O. The highest BCUT2D eigenvalue weighted by Crippen LogP contribution is 2.59.